The molecule has 1 N–H and O–H groups in total. The zero-order valence-electron chi connectivity index (χ0n) is 11.3. The van der Waals surface area contributed by atoms with Crippen molar-refractivity contribution in [3.8, 4) is 0 Å². The standard InChI is InChI=1S/C12H14N4O4S/c1-14-7-9(6-10(14)12(17)18)21(19,20)16-5-4-15-3-2-13-11(15)8-16/h2-3,6-7H,4-5,8H2,1H3,(H,17,18). The lowest BCUT2D eigenvalue weighted by Crippen LogP contribution is -2.38. The second kappa shape index (κ2) is 4.71. The van der Waals surface area contributed by atoms with Crippen LogP contribution in [0, 0.1) is 0 Å². The number of carboxylic acid groups (broad SMARTS) is 1. The van der Waals surface area contributed by atoms with Crippen LogP contribution in [-0.2, 0) is 30.2 Å². The van der Waals surface area contributed by atoms with Crippen LogP contribution in [-0.4, -0.2) is 44.5 Å². The third kappa shape index (κ3) is 2.24. The van der Waals surface area contributed by atoms with Gasteiger partial charge in [0.2, 0.25) is 10.0 Å². The van der Waals surface area contributed by atoms with E-state index in [9.17, 15) is 13.2 Å². The highest BCUT2D eigenvalue weighted by Crippen LogP contribution is 2.22. The lowest BCUT2D eigenvalue weighted by Gasteiger charge is -2.26. The predicted octanol–water partition coefficient (Wildman–Crippen LogP) is 0.124. The van der Waals surface area contributed by atoms with E-state index < -0.39 is 16.0 Å². The first-order valence-corrected chi connectivity index (χ1v) is 7.73. The number of aromatic carboxylic acids is 1. The molecule has 112 valence electrons. The lowest BCUT2D eigenvalue weighted by atomic mass is 10.4. The predicted molar refractivity (Wildman–Crippen MR) is 72.2 cm³/mol. The maximum absolute atomic E-state index is 12.6. The molecule has 9 heteroatoms. The summed E-state index contributed by atoms with van der Waals surface area (Å²) in [5.74, 6) is -0.479. The molecule has 0 atom stereocenters. The summed E-state index contributed by atoms with van der Waals surface area (Å²) >= 11 is 0. The zero-order chi connectivity index (χ0) is 15.2. The van der Waals surface area contributed by atoms with Crippen LogP contribution in [0.4, 0.5) is 0 Å². The molecule has 21 heavy (non-hydrogen) atoms. The minimum atomic E-state index is -3.72. The molecule has 0 fully saturated rings. The number of nitrogens with zero attached hydrogens (tertiary/aromatic N) is 4. The molecular weight excluding hydrogens is 296 g/mol. The molecule has 1 aliphatic rings. The summed E-state index contributed by atoms with van der Waals surface area (Å²) in [5, 5.41) is 9.01. The van der Waals surface area contributed by atoms with Crippen LogP contribution in [0.1, 0.15) is 16.3 Å². The SMILES string of the molecule is Cn1cc(S(=O)(=O)N2CCn3ccnc3C2)cc1C(=O)O. The van der Waals surface area contributed by atoms with Crippen molar-refractivity contribution >= 4 is 16.0 Å². The fourth-order valence-corrected chi connectivity index (χ4v) is 3.85. The third-order valence-corrected chi connectivity index (χ3v) is 5.36. The maximum Gasteiger partial charge on any atom is 0.352 e. The van der Waals surface area contributed by atoms with Gasteiger partial charge in [-0.15, -0.1) is 0 Å². The summed E-state index contributed by atoms with van der Waals surface area (Å²) < 4.78 is 29.7. The average Bonchev–Trinajstić information content (AvgIpc) is 3.03. The van der Waals surface area contributed by atoms with Crippen molar-refractivity contribution in [1.29, 1.82) is 0 Å². The van der Waals surface area contributed by atoms with E-state index in [1.807, 2.05) is 10.8 Å². The molecule has 0 aromatic carbocycles. The van der Waals surface area contributed by atoms with Gasteiger partial charge in [-0.2, -0.15) is 4.31 Å². The van der Waals surface area contributed by atoms with Gasteiger partial charge in [-0.3, -0.25) is 0 Å². The number of aromatic nitrogens is 3. The van der Waals surface area contributed by atoms with Crippen molar-refractivity contribution < 1.29 is 18.3 Å². The van der Waals surface area contributed by atoms with Gasteiger partial charge in [-0.1, -0.05) is 0 Å². The molecule has 0 saturated heterocycles. The fourth-order valence-electron chi connectivity index (χ4n) is 2.39. The van der Waals surface area contributed by atoms with Gasteiger partial charge in [-0.05, 0) is 6.07 Å². The molecular formula is C12H14N4O4S. The molecule has 0 bridgehead atoms. The third-order valence-electron chi connectivity index (χ3n) is 3.55. The zero-order valence-corrected chi connectivity index (χ0v) is 12.1. The largest absolute Gasteiger partial charge is 0.477 e. The fraction of sp³-hybridized carbons (Fsp3) is 0.333. The Bertz CT molecular complexity index is 805. The number of sulfonamides is 1. The number of carboxylic acids is 1. The molecule has 2 aromatic rings. The Hall–Kier alpha value is -2.13. The van der Waals surface area contributed by atoms with E-state index in [2.05, 4.69) is 4.98 Å². The Morgan fingerprint density at radius 2 is 2.14 bits per heavy atom. The van der Waals surface area contributed by atoms with Gasteiger partial charge in [0.1, 0.15) is 16.4 Å². The van der Waals surface area contributed by atoms with E-state index in [0.717, 1.165) is 0 Å². The van der Waals surface area contributed by atoms with Crippen LogP contribution in [0.15, 0.2) is 29.6 Å². The number of fused-ring (bicyclic) bond motifs is 1. The van der Waals surface area contributed by atoms with Crippen molar-refractivity contribution in [2.75, 3.05) is 6.54 Å². The van der Waals surface area contributed by atoms with Crippen molar-refractivity contribution in [3.05, 3.63) is 36.2 Å². The molecule has 0 spiro atoms. The van der Waals surface area contributed by atoms with E-state index in [1.54, 1.807) is 6.20 Å². The first kappa shape index (κ1) is 13.8. The average molecular weight is 310 g/mol. The molecule has 3 heterocycles. The number of imidazole rings is 1. The number of carbonyl (C=O) groups is 1. The summed E-state index contributed by atoms with van der Waals surface area (Å²) in [5.41, 5.74) is -0.0629. The monoisotopic (exact) mass is 310 g/mol. The first-order valence-electron chi connectivity index (χ1n) is 6.29. The van der Waals surface area contributed by atoms with E-state index in [1.165, 1.54) is 28.2 Å². The van der Waals surface area contributed by atoms with Crippen molar-refractivity contribution in [2.24, 2.45) is 7.05 Å². The number of hydrogen-bond acceptors (Lipinski definition) is 4. The normalized spacial score (nSPS) is 15.9. The van der Waals surface area contributed by atoms with Crippen LogP contribution in [0.25, 0.3) is 0 Å². The molecule has 0 amide bonds. The highest BCUT2D eigenvalue weighted by molar-refractivity contribution is 7.89. The number of aryl methyl sites for hydroxylation is 1. The Kier molecular flexibility index (Phi) is 3.10. The minimum absolute atomic E-state index is 0.0117. The van der Waals surface area contributed by atoms with E-state index >= 15 is 0 Å². The number of hydrogen-bond donors (Lipinski definition) is 1. The van der Waals surface area contributed by atoms with Crippen LogP contribution in [0.5, 0.6) is 0 Å². The summed E-state index contributed by atoms with van der Waals surface area (Å²) in [6.45, 7) is 1.06. The highest BCUT2D eigenvalue weighted by Gasteiger charge is 2.30. The molecule has 0 radical (unpaired) electrons. The summed E-state index contributed by atoms with van der Waals surface area (Å²) in [6, 6.07) is 1.18. The summed E-state index contributed by atoms with van der Waals surface area (Å²) in [6.07, 6.45) is 4.76. The van der Waals surface area contributed by atoms with Gasteiger partial charge in [-0.25, -0.2) is 18.2 Å². The minimum Gasteiger partial charge on any atom is -0.477 e. The molecule has 1 aliphatic heterocycles. The molecule has 0 aliphatic carbocycles. The molecule has 8 nitrogen and oxygen atoms in total. The topological polar surface area (TPSA) is 97.4 Å². The van der Waals surface area contributed by atoms with Gasteiger partial charge < -0.3 is 14.2 Å². The Labute approximate surface area is 121 Å². The highest BCUT2D eigenvalue weighted by atomic mass is 32.2. The van der Waals surface area contributed by atoms with Gasteiger partial charge in [0.05, 0.1) is 6.54 Å². The van der Waals surface area contributed by atoms with E-state index in [4.69, 9.17) is 5.11 Å². The molecule has 0 unspecified atom stereocenters. The van der Waals surface area contributed by atoms with Crippen molar-refractivity contribution in [2.45, 2.75) is 18.0 Å². The number of rotatable bonds is 3. The molecule has 0 saturated carbocycles. The van der Waals surface area contributed by atoms with Crippen molar-refractivity contribution in [1.82, 2.24) is 18.4 Å². The Morgan fingerprint density at radius 3 is 2.81 bits per heavy atom. The first-order chi connectivity index (χ1) is 9.89. The van der Waals surface area contributed by atoms with Crippen LogP contribution >= 0.6 is 0 Å². The molecule has 2 aromatic heterocycles. The van der Waals surface area contributed by atoms with E-state index in [0.29, 0.717) is 18.9 Å². The van der Waals surface area contributed by atoms with Gasteiger partial charge in [0.15, 0.2) is 0 Å². The van der Waals surface area contributed by atoms with Gasteiger partial charge in [0, 0.05) is 38.7 Å². The van der Waals surface area contributed by atoms with Gasteiger partial charge >= 0.3 is 5.97 Å². The second-order valence-corrected chi connectivity index (χ2v) is 6.79. The quantitative estimate of drug-likeness (QED) is 0.868. The van der Waals surface area contributed by atoms with Crippen LogP contribution in [0.3, 0.4) is 0 Å². The molecule has 3 rings (SSSR count). The smallest absolute Gasteiger partial charge is 0.352 e. The van der Waals surface area contributed by atoms with Crippen molar-refractivity contribution in [3.63, 3.8) is 0 Å². The van der Waals surface area contributed by atoms with E-state index in [-0.39, 0.29) is 17.1 Å². The Morgan fingerprint density at radius 1 is 1.38 bits per heavy atom. The Balaban J connectivity index is 1.95. The van der Waals surface area contributed by atoms with Gasteiger partial charge in [0.25, 0.3) is 0 Å². The maximum atomic E-state index is 12.6. The summed E-state index contributed by atoms with van der Waals surface area (Å²) in [4.78, 5) is 15.1. The van der Waals surface area contributed by atoms with Crippen LogP contribution in [0.2, 0.25) is 0 Å². The second-order valence-electron chi connectivity index (χ2n) is 4.85. The lowest BCUT2D eigenvalue weighted by molar-refractivity contribution is 0.0686. The summed E-state index contributed by atoms with van der Waals surface area (Å²) in [7, 11) is -2.22. The van der Waals surface area contributed by atoms with Crippen LogP contribution < -0.4 is 0 Å².